The number of carboxylic acids is 1. The maximum absolute atomic E-state index is 10.9. The van der Waals surface area contributed by atoms with Crippen molar-refractivity contribution in [3.63, 3.8) is 0 Å². The van der Waals surface area contributed by atoms with E-state index in [0.717, 1.165) is 22.4 Å². The fraction of sp³-hybridized carbons (Fsp3) is 0.125. The molecule has 0 aromatic heterocycles. The summed E-state index contributed by atoms with van der Waals surface area (Å²) in [5.74, 6) is -0.108. The molecule has 3 aromatic rings. The van der Waals surface area contributed by atoms with Gasteiger partial charge in [-0.1, -0.05) is 72.8 Å². The SMILES string of the molecule is O=C(O)CC=C(NOCc1ccc(OCc2ccccc2)cc1)c1ccccc1. The highest BCUT2D eigenvalue weighted by Gasteiger charge is 2.04. The van der Waals surface area contributed by atoms with Crippen molar-refractivity contribution >= 4 is 11.7 Å². The number of hydrogen-bond donors (Lipinski definition) is 2. The van der Waals surface area contributed by atoms with Gasteiger partial charge >= 0.3 is 5.97 Å². The summed E-state index contributed by atoms with van der Waals surface area (Å²) in [6.45, 7) is 0.850. The predicted octanol–water partition coefficient (Wildman–Crippen LogP) is 4.80. The highest BCUT2D eigenvalue weighted by Crippen LogP contribution is 2.16. The number of carbonyl (C=O) groups is 1. The minimum atomic E-state index is -0.897. The van der Waals surface area contributed by atoms with Crippen molar-refractivity contribution in [2.24, 2.45) is 0 Å². The molecule has 2 N–H and O–H groups in total. The third-order valence-corrected chi connectivity index (χ3v) is 4.16. The van der Waals surface area contributed by atoms with Gasteiger partial charge in [-0.2, -0.15) is 0 Å². The Hall–Kier alpha value is -3.57. The normalized spacial score (nSPS) is 11.1. The zero-order valence-corrected chi connectivity index (χ0v) is 16.0. The van der Waals surface area contributed by atoms with Crippen LogP contribution in [0.25, 0.3) is 5.70 Å². The van der Waals surface area contributed by atoms with E-state index in [-0.39, 0.29) is 6.42 Å². The van der Waals surface area contributed by atoms with Gasteiger partial charge < -0.3 is 9.84 Å². The second-order valence-electron chi connectivity index (χ2n) is 6.39. The third-order valence-electron chi connectivity index (χ3n) is 4.16. The van der Waals surface area contributed by atoms with Crippen LogP contribution in [-0.2, 0) is 22.8 Å². The standard InChI is InChI=1S/C24H23NO4/c26-24(27)16-15-23(21-9-5-2-6-10-21)25-29-18-20-11-13-22(14-12-20)28-17-19-7-3-1-4-8-19/h1-15,25H,16-18H2,(H,26,27). The highest BCUT2D eigenvalue weighted by molar-refractivity contribution is 5.73. The maximum Gasteiger partial charge on any atom is 0.307 e. The van der Waals surface area contributed by atoms with E-state index in [2.05, 4.69) is 5.48 Å². The Balaban J connectivity index is 1.52. The summed E-state index contributed by atoms with van der Waals surface area (Å²) in [6.07, 6.45) is 1.51. The number of nitrogens with one attached hydrogen (secondary N) is 1. The fourth-order valence-electron chi connectivity index (χ4n) is 2.65. The molecule has 3 aromatic carbocycles. The third kappa shape index (κ3) is 6.83. The van der Waals surface area contributed by atoms with E-state index in [9.17, 15) is 4.79 Å². The Bertz CT molecular complexity index is 922. The number of hydrogen-bond acceptors (Lipinski definition) is 4. The van der Waals surface area contributed by atoms with Gasteiger partial charge in [0.2, 0.25) is 0 Å². The average Bonchev–Trinajstić information content (AvgIpc) is 2.76. The highest BCUT2D eigenvalue weighted by atomic mass is 16.6. The monoisotopic (exact) mass is 389 g/mol. The van der Waals surface area contributed by atoms with E-state index in [0.29, 0.717) is 18.9 Å². The molecule has 5 nitrogen and oxygen atoms in total. The second kappa shape index (κ2) is 10.7. The Morgan fingerprint density at radius 2 is 1.45 bits per heavy atom. The van der Waals surface area contributed by atoms with Crippen LogP contribution in [0.4, 0.5) is 0 Å². The van der Waals surface area contributed by atoms with Crippen molar-refractivity contribution in [1.29, 1.82) is 0 Å². The van der Waals surface area contributed by atoms with Gasteiger partial charge in [-0.3, -0.25) is 15.1 Å². The van der Waals surface area contributed by atoms with E-state index in [4.69, 9.17) is 14.7 Å². The van der Waals surface area contributed by atoms with E-state index < -0.39 is 5.97 Å². The van der Waals surface area contributed by atoms with Crippen molar-refractivity contribution in [2.45, 2.75) is 19.6 Å². The van der Waals surface area contributed by atoms with Crippen LogP contribution >= 0.6 is 0 Å². The smallest absolute Gasteiger partial charge is 0.307 e. The first-order valence-corrected chi connectivity index (χ1v) is 9.31. The molecule has 0 amide bonds. The van der Waals surface area contributed by atoms with Crippen LogP contribution in [0, 0.1) is 0 Å². The van der Waals surface area contributed by atoms with Gasteiger partial charge in [-0.05, 0) is 34.9 Å². The molecular weight excluding hydrogens is 366 g/mol. The molecule has 5 heteroatoms. The molecule has 3 rings (SSSR count). The Kier molecular flexibility index (Phi) is 7.43. The van der Waals surface area contributed by atoms with Crippen LogP contribution in [0.5, 0.6) is 5.75 Å². The van der Waals surface area contributed by atoms with Crippen LogP contribution in [0.15, 0.2) is 91.0 Å². The minimum Gasteiger partial charge on any atom is -0.489 e. The van der Waals surface area contributed by atoms with Gasteiger partial charge in [0, 0.05) is 0 Å². The second-order valence-corrected chi connectivity index (χ2v) is 6.39. The lowest BCUT2D eigenvalue weighted by Gasteiger charge is -2.12. The molecule has 0 spiro atoms. The van der Waals surface area contributed by atoms with Crippen molar-refractivity contribution in [1.82, 2.24) is 5.48 Å². The minimum absolute atomic E-state index is 0.0892. The van der Waals surface area contributed by atoms with Crippen LogP contribution in [0.1, 0.15) is 23.1 Å². The summed E-state index contributed by atoms with van der Waals surface area (Å²) in [7, 11) is 0. The Morgan fingerprint density at radius 1 is 0.828 bits per heavy atom. The fourth-order valence-corrected chi connectivity index (χ4v) is 2.65. The van der Waals surface area contributed by atoms with Crippen LogP contribution in [0.3, 0.4) is 0 Å². The van der Waals surface area contributed by atoms with Crippen molar-refractivity contribution < 1.29 is 19.5 Å². The van der Waals surface area contributed by atoms with E-state index in [1.165, 1.54) is 0 Å². The molecular formula is C24H23NO4. The van der Waals surface area contributed by atoms with Crippen molar-refractivity contribution in [2.75, 3.05) is 0 Å². The topological polar surface area (TPSA) is 67.8 Å². The van der Waals surface area contributed by atoms with E-state index in [1.54, 1.807) is 6.08 Å². The van der Waals surface area contributed by atoms with Crippen LogP contribution < -0.4 is 10.2 Å². The molecule has 148 valence electrons. The summed E-state index contributed by atoms with van der Waals surface area (Å²) in [6, 6.07) is 27.1. The number of carboxylic acid groups (broad SMARTS) is 1. The molecule has 0 fully saturated rings. The summed E-state index contributed by atoms with van der Waals surface area (Å²) in [5.41, 5.74) is 6.43. The molecule has 0 atom stereocenters. The molecule has 0 aliphatic heterocycles. The van der Waals surface area contributed by atoms with Gasteiger partial charge in [0.25, 0.3) is 0 Å². The largest absolute Gasteiger partial charge is 0.489 e. The average molecular weight is 389 g/mol. The van der Waals surface area contributed by atoms with Gasteiger partial charge in [0.1, 0.15) is 12.4 Å². The van der Waals surface area contributed by atoms with Gasteiger partial charge in [0.05, 0.1) is 18.7 Å². The molecule has 0 aliphatic rings. The quantitative estimate of drug-likeness (QED) is 0.488. The molecule has 29 heavy (non-hydrogen) atoms. The van der Waals surface area contributed by atoms with Gasteiger partial charge in [-0.15, -0.1) is 0 Å². The Labute approximate surface area is 170 Å². The Morgan fingerprint density at radius 3 is 2.10 bits per heavy atom. The first kappa shape index (κ1) is 20.2. The number of aliphatic carboxylic acids is 1. The summed E-state index contributed by atoms with van der Waals surface area (Å²) < 4.78 is 5.78. The maximum atomic E-state index is 10.9. The van der Waals surface area contributed by atoms with Crippen LogP contribution in [0.2, 0.25) is 0 Å². The first-order valence-electron chi connectivity index (χ1n) is 9.31. The molecule has 0 aliphatic carbocycles. The number of hydroxylamine groups is 1. The van der Waals surface area contributed by atoms with Crippen molar-refractivity contribution in [3.05, 3.63) is 108 Å². The van der Waals surface area contributed by atoms with E-state index in [1.807, 2.05) is 84.9 Å². The molecule has 0 unspecified atom stereocenters. The number of benzene rings is 3. The first-order chi connectivity index (χ1) is 14.2. The lowest BCUT2D eigenvalue weighted by molar-refractivity contribution is -0.136. The van der Waals surface area contributed by atoms with Crippen molar-refractivity contribution in [3.8, 4) is 5.75 Å². The molecule has 0 saturated heterocycles. The summed E-state index contributed by atoms with van der Waals surface area (Å²) in [5, 5.41) is 8.93. The molecule has 0 radical (unpaired) electrons. The number of rotatable bonds is 10. The predicted molar refractivity (Wildman–Crippen MR) is 112 cm³/mol. The van der Waals surface area contributed by atoms with Gasteiger partial charge in [0.15, 0.2) is 0 Å². The molecule has 0 bridgehead atoms. The van der Waals surface area contributed by atoms with Crippen LogP contribution in [-0.4, -0.2) is 11.1 Å². The molecule has 0 heterocycles. The lowest BCUT2D eigenvalue weighted by Crippen LogP contribution is -2.13. The van der Waals surface area contributed by atoms with Gasteiger partial charge in [-0.25, -0.2) is 0 Å². The molecule has 0 saturated carbocycles. The summed E-state index contributed by atoms with van der Waals surface area (Å²) >= 11 is 0. The summed E-state index contributed by atoms with van der Waals surface area (Å²) in [4.78, 5) is 16.5. The zero-order chi connectivity index (χ0) is 20.3. The zero-order valence-electron chi connectivity index (χ0n) is 16.0. The lowest BCUT2D eigenvalue weighted by atomic mass is 10.1. The van der Waals surface area contributed by atoms with E-state index >= 15 is 0 Å². The number of ether oxygens (including phenoxy) is 1.